The van der Waals surface area contributed by atoms with Gasteiger partial charge in [-0.25, -0.2) is 4.79 Å². The molecule has 1 heterocycles. The Bertz CT molecular complexity index is 645. The highest BCUT2D eigenvalue weighted by Crippen LogP contribution is 2.27. The van der Waals surface area contributed by atoms with E-state index in [9.17, 15) is 9.90 Å². The van der Waals surface area contributed by atoms with E-state index >= 15 is 0 Å². The van der Waals surface area contributed by atoms with Crippen molar-refractivity contribution in [1.82, 2.24) is 4.98 Å². The van der Waals surface area contributed by atoms with Gasteiger partial charge in [-0.2, -0.15) is 0 Å². The van der Waals surface area contributed by atoms with Gasteiger partial charge in [0.1, 0.15) is 0 Å². The molecule has 0 aliphatic carbocycles. The highest BCUT2D eigenvalue weighted by molar-refractivity contribution is 6.05. The number of carboxylic acids is 1. The molecule has 0 aliphatic rings. The van der Waals surface area contributed by atoms with Gasteiger partial charge in [-0.15, -0.1) is 0 Å². The minimum atomic E-state index is -0.874. The second-order valence-electron chi connectivity index (χ2n) is 4.69. The van der Waals surface area contributed by atoms with Gasteiger partial charge in [0.05, 0.1) is 11.1 Å². The molecule has 1 aromatic heterocycles. The van der Waals surface area contributed by atoms with Crippen molar-refractivity contribution < 1.29 is 9.90 Å². The summed E-state index contributed by atoms with van der Waals surface area (Å²) in [5, 5.41) is 10.2. The number of fused-ring (bicyclic) bond motifs is 1. The minimum Gasteiger partial charge on any atom is -0.478 e. The van der Waals surface area contributed by atoms with E-state index < -0.39 is 5.97 Å². The van der Waals surface area contributed by atoms with Gasteiger partial charge in [0.2, 0.25) is 0 Å². The largest absolute Gasteiger partial charge is 0.478 e. The van der Waals surface area contributed by atoms with E-state index in [1.165, 1.54) is 0 Å². The van der Waals surface area contributed by atoms with Crippen LogP contribution in [0.4, 0.5) is 0 Å². The molecule has 18 heavy (non-hydrogen) atoms. The van der Waals surface area contributed by atoms with Crippen molar-refractivity contribution >= 4 is 16.9 Å². The molecule has 0 bridgehead atoms. The van der Waals surface area contributed by atoms with Gasteiger partial charge in [0.15, 0.2) is 0 Å². The van der Waals surface area contributed by atoms with Crippen LogP contribution < -0.4 is 0 Å². The van der Waals surface area contributed by atoms with Crippen molar-refractivity contribution in [2.24, 2.45) is 0 Å². The number of carbonyl (C=O) groups is 1. The van der Waals surface area contributed by atoms with Gasteiger partial charge in [-0.1, -0.05) is 13.0 Å². The number of rotatable bonds is 2. The Morgan fingerprint density at radius 2 is 1.94 bits per heavy atom. The van der Waals surface area contributed by atoms with Crippen molar-refractivity contribution in [3.63, 3.8) is 0 Å². The maximum absolute atomic E-state index is 11.5. The Kier molecular flexibility index (Phi) is 3.07. The van der Waals surface area contributed by atoms with Crippen molar-refractivity contribution in [2.75, 3.05) is 0 Å². The molecule has 2 rings (SSSR count). The Balaban J connectivity index is 3.00. The third kappa shape index (κ3) is 1.86. The lowest BCUT2D eigenvalue weighted by Gasteiger charge is -2.13. The normalized spacial score (nSPS) is 10.9. The zero-order valence-corrected chi connectivity index (χ0v) is 11.2. The second kappa shape index (κ2) is 4.41. The van der Waals surface area contributed by atoms with Crippen LogP contribution in [0.1, 0.15) is 39.7 Å². The van der Waals surface area contributed by atoms with Gasteiger partial charge in [0.25, 0.3) is 0 Å². The standard InChI is InChI=1S/C15H17NO2/c1-5-11-10(4)14(15(17)18)13-9(3)6-8(2)7-12(13)16-11/h6-7H,5H2,1-4H3,(H,17,18). The molecule has 94 valence electrons. The van der Waals surface area contributed by atoms with E-state index in [4.69, 9.17) is 0 Å². The van der Waals surface area contributed by atoms with Crippen LogP contribution in [0.25, 0.3) is 10.9 Å². The Labute approximate surface area is 106 Å². The number of aromatic carboxylic acids is 1. The second-order valence-corrected chi connectivity index (χ2v) is 4.69. The maximum Gasteiger partial charge on any atom is 0.336 e. The van der Waals surface area contributed by atoms with Crippen LogP contribution in [-0.4, -0.2) is 16.1 Å². The number of nitrogens with zero attached hydrogens (tertiary/aromatic N) is 1. The summed E-state index contributed by atoms with van der Waals surface area (Å²) >= 11 is 0. The molecule has 0 amide bonds. The first-order valence-electron chi connectivity index (χ1n) is 6.09. The Morgan fingerprint density at radius 1 is 1.28 bits per heavy atom. The highest BCUT2D eigenvalue weighted by Gasteiger charge is 2.18. The quantitative estimate of drug-likeness (QED) is 0.879. The SMILES string of the molecule is CCc1nc2cc(C)cc(C)c2c(C(=O)O)c1C. The summed E-state index contributed by atoms with van der Waals surface area (Å²) in [5.74, 6) is -0.874. The molecule has 0 radical (unpaired) electrons. The fourth-order valence-electron chi connectivity index (χ4n) is 2.53. The van der Waals surface area contributed by atoms with Crippen LogP contribution in [0.3, 0.4) is 0 Å². The third-order valence-corrected chi connectivity index (χ3v) is 3.32. The average Bonchev–Trinajstić information content (AvgIpc) is 2.28. The van der Waals surface area contributed by atoms with Gasteiger partial charge in [-0.3, -0.25) is 4.98 Å². The van der Waals surface area contributed by atoms with Crippen molar-refractivity contribution in [3.05, 3.63) is 40.1 Å². The minimum absolute atomic E-state index is 0.398. The summed E-state index contributed by atoms with van der Waals surface area (Å²) in [4.78, 5) is 16.1. The summed E-state index contributed by atoms with van der Waals surface area (Å²) < 4.78 is 0. The predicted molar refractivity (Wildman–Crippen MR) is 72.3 cm³/mol. The lowest BCUT2D eigenvalue weighted by Crippen LogP contribution is -2.07. The first-order chi connectivity index (χ1) is 8.45. The molecule has 0 spiro atoms. The van der Waals surface area contributed by atoms with Crippen molar-refractivity contribution in [1.29, 1.82) is 0 Å². The maximum atomic E-state index is 11.5. The third-order valence-electron chi connectivity index (χ3n) is 3.32. The van der Waals surface area contributed by atoms with Crippen LogP contribution in [0.15, 0.2) is 12.1 Å². The van der Waals surface area contributed by atoms with E-state index in [-0.39, 0.29) is 0 Å². The summed E-state index contributed by atoms with van der Waals surface area (Å²) in [6.45, 7) is 7.78. The first kappa shape index (κ1) is 12.6. The lowest BCUT2D eigenvalue weighted by molar-refractivity contribution is 0.0698. The Morgan fingerprint density at radius 3 is 2.50 bits per heavy atom. The summed E-state index contributed by atoms with van der Waals surface area (Å²) in [6, 6.07) is 3.95. The van der Waals surface area contributed by atoms with Crippen LogP contribution in [0.2, 0.25) is 0 Å². The molecule has 0 saturated carbocycles. The summed E-state index contributed by atoms with van der Waals surface area (Å²) in [7, 11) is 0. The molecule has 1 N–H and O–H groups in total. The fourth-order valence-corrected chi connectivity index (χ4v) is 2.53. The topological polar surface area (TPSA) is 50.2 Å². The molecule has 3 heteroatoms. The molecule has 0 unspecified atom stereocenters. The molecule has 3 nitrogen and oxygen atoms in total. The van der Waals surface area contributed by atoms with E-state index in [1.54, 1.807) is 0 Å². The van der Waals surface area contributed by atoms with E-state index in [0.29, 0.717) is 5.56 Å². The molecule has 0 aliphatic heterocycles. The number of hydrogen-bond donors (Lipinski definition) is 1. The first-order valence-corrected chi connectivity index (χ1v) is 6.09. The number of benzene rings is 1. The van der Waals surface area contributed by atoms with Gasteiger partial charge >= 0.3 is 5.97 Å². The van der Waals surface area contributed by atoms with Gasteiger partial charge in [0, 0.05) is 11.1 Å². The van der Waals surface area contributed by atoms with Gasteiger partial charge in [-0.05, 0) is 49.9 Å². The number of pyridine rings is 1. The molecule has 0 saturated heterocycles. The average molecular weight is 243 g/mol. The fraction of sp³-hybridized carbons (Fsp3) is 0.333. The molecule has 0 fully saturated rings. The zero-order chi connectivity index (χ0) is 13.4. The van der Waals surface area contributed by atoms with E-state index in [2.05, 4.69) is 4.98 Å². The molecule has 1 aromatic carbocycles. The number of aryl methyl sites for hydroxylation is 3. The van der Waals surface area contributed by atoms with Crippen molar-refractivity contribution in [3.8, 4) is 0 Å². The lowest BCUT2D eigenvalue weighted by atomic mass is 9.96. The number of carboxylic acid groups (broad SMARTS) is 1. The Hall–Kier alpha value is -1.90. The molecule has 0 atom stereocenters. The number of hydrogen-bond acceptors (Lipinski definition) is 2. The van der Waals surface area contributed by atoms with E-state index in [0.717, 1.165) is 39.7 Å². The highest BCUT2D eigenvalue weighted by atomic mass is 16.4. The number of aromatic nitrogens is 1. The van der Waals surface area contributed by atoms with Gasteiger partial charge < -0.3 is 5.11 Å². The molecular formula is C15H17NO2. The summed E-state index contributed by atoms with van der Waals surface area (Å²) in [5.41, 5.74) is 4.91. The van der Waals surface area contributed by atoms with Crippen LogP contribution in [-0.2, 0) is 6.42 Å². The van der Waals surface area contributed by atoms with Crippen LogP contribution in [0.5, 0.6) is 0 Å². The van der Waals surface area contributed by atoms with E-state index in [1.807, 2.05) is 39.8 Å². The predicted octanol–water partition coefficient (Wildman–Crippen LogP) is 3.42. The molecule has 2 aromatic rings. The summed E-state index contributed by atoms with van der Waals surface area (Å²) in [6.07, 6.45) is 0.745. The zero-order valence-electron chi connectivity index (χ0n) is 11.2. The van der Waals surface area contributed by atoms with Crippen LogP contribution in [0, 0.1) is 20.8 Å². The molecular weight excluding hydrogens is 226 g/mol. The van der Waals surface area contributed by atoms with Crippen molar-refractivity contribution in [2.45, 2.75) is 34.1 Å². The smallest absolute Gasteiger partial charge is 0.336 e. The monoisotopic (exact) mass is 243 g/mol. The van der Waals surface area contributed by atoms with Crippen LogP contribution >= 0.6 is 0 Å².